The topological polar surface area (TPSA) is 108 Å². The number of nitrogens with zero attached hydrogens (tertiary/aromatic N) is 1. The van der Waals surface area contributed by atoms with Crippen molar-refractivity contribution in [2.45, 2.75) is 50.7 Å². The lowest BCUT2D eigenvalue weighted by Crippen LogP contribution is -2.52. The van der Waals surface area contributed by atoms with E-state index < -0.39 is 18.0 Å². The lowest BCUT2D eigenvalue weighted by atomic mass is 9.80. The van der Waals surface area contributed by atoms with E-state index in [9.17, 15) is 19.2 Å². The van der Waals surface area contributed by atoms with Crippen molar-refractivity contribution in [1.82, 2.24) is 10.2 Å². The number of hydrogen-bond donors (Lipinski definition) is 3. The molecule has 1 fully saturated rings. The van der Waals surface area contributed by atoms with Gasteiger partial charge in [0.1, 0.15) is 12.1 Å². The lowest BCUT2D eigenvalue weighted by Gasteiger charge is -2.29. The third kappa shape index (κ3) is 3.14. The highest BCUT2D eigenvalue weighted by Crippen LogP contribution is 2.41. The molecule has 0 radical (unpaired) electrons. The summed E-state index contributed by atoms with van der Waals surface area (Å²) in [6, 6.07) is 12.0. The Kier molecular flexibility index (Phi) is 4.54. The highest BCUT2D eigenvalue weighted by molar-refractivity contribution is 6.06. The van der Waals surface area contributed by atoms with Crippen molar-refractivity contribution in [3.05, 3.63) is 59.2 Å². The van der Waals surface area contributed by atoms with Crippen molar-refractivity contribution in [3.8, 4) is 0 Å². The van der Waals surface area contributed by atoms with Crippen LogP contribution in [0.4, 0.5) is 11.4 Å². The van der Waals surface area contributed by atoms with Gasteiger partial charge in [-0.15, -0.1) is 0 Å². The molecule has 0 aliphatic carbocycles. The van der Waals surface area contributed by atoms with Crippen LogP contribution >= 0.6 is 0 Å². The van der Waals surface area contributed by atoms with Gasteiger partial charge in [-0.3, -0.25) is 24.5 Å². The highest BCUT2D eigenvalue weighted by Gasteiger charge is 2.43. The molecule has 0 saturated carbocycles. The van der Waals surface area contributed by atoms with Gasteiger partial charge in [-0.1, -0.05) is 32.0 Å². The summed E-state index contributed by atoms with van der Waals surface area (Å²) in [6.07, 6.45) is 0.529. The van der Waals surface area contributed by atoms with E-state index in [1.165, 1.54) is 4.90 Å². The Bertz CT molecular complexity index is 1170. The molecule has 1 saturated heterocycles. The average Bonchev–Trinajstić information content (AvgIpc) is 3.22. The second kappa shape index (κ2) is 7.19. The Morgan fingerprint density at radius 1 is 1.12 bits per heavy atom. The van der Waals surface area contributed by atoms with Crippen molar-refractivity contribution >= 4 is 35.0 Å². The Morgan fingerprint density at radius 2 is 1.91 bits per heavy atom. The summed E-state index contributed by atoms with van der Waals surface area (Å²) in [6.45, 7) is 4.34. The number of nitrogens with one attached hydrogen (secondary N) is 3. The van der Waals surface area contributed by atoms with Crippen molar-refractivity contribution in [2.75, 3.05) is 10.6 Å². The van der Waals surface area contributed by atoms with E-state index >= 15 is 0 Å². The number of benzene rings is 2. The van der Waals surface area contributed by atoms with Crippen molar-refractivity contribution < 1.29 is 19.2 Å². The first kappa shape index (κ1) is 20.2. The fourth-order valence-electron chi connectivity index (χ4n) is 4.92. The van der Waals surface area contributed by atoms with E-state index in [1.807, 2.05) is 38.1 Å². The first-order valence-electron chi connectivity index (χ1n) is 10.7. The van der Waals surface area contributed by atoms with Gasteiger partial charge in [0.15, 0.2) is 0 Å². The molecule has 2 aromatic rings. The molecule has 0 aromatic heterocycles. The van der Waals surface area contributed by atoms with Gasteiger partial charge < -0.3 is 15.5 Å². The Morgan fingerprint density at radius 3 is 2.66 bits per heavy atom. The lowest BCUT2D eigenvalue weighted by molar-refractivity contribution is -0.137. The molecule has 164 valence electrons. The van der Waals surface area contributed by atoms with E-state index in [0.29, 0.717) is 17.7 Å². The number of amides is 4. The fraction of sp³-hybridized carbons (Fsp3) is 0.333. The van der Waals surface area contributed by atoms with Crippen LogP contribution in [0.3, 0.4) is 0 Å². The molecule has 2 atom stereocenters. The van der Waals surface area contributed by atoms with E-state index in [-0.39, 0.29) is 36.1 Å². The number of carbonyl (C=O) groups excluding carboxylic acids is 4. The molecule has 8 nitrogen and oxygen atoms in total. The molecule has 3 aliphatic rings. The monoisotopic (exact) mass is 432 g/mol. The van der Waals surface area contributed by atoms with Crippen LogP contribution in [0.1, 0.15) is 48.2 Å². The van der Waals surface area contributed by atoms with E-state index in [0.717, 1.165) is 16.8 Å². The summed E-state index contributed by atoms with van der Waals surface area (Å²) in [4.78, 5) is 51.1. The molecule has 8 heteroatoms. The number of hydrogen-bond acceptors (Lipinski definition) is 5. The number of rotatable bonds is 3. The number of carbonyl (C=O) groups is 4. The fourth-order valence-corrected chi connectivity index (χ4v) is 4.92. The zero-order valence-corrected chi connectivity index (χ0v) is 17.9. The molecule has 4 amide bonds. The molecule has 3 aliphatic heterocycles. The van der Waals surface area contributed by atoms with Crippen LogP contribution in [0.25, 0.3) is 0 Å². The SMILES string of the molecule is CC1(C)c2ccccc2NC1C(=O)Nc1ccc2c(c1)CN(C1CCC(=O)NC1=O)C2=O. The van der Waals surface area contributed by atoms with Crippen molar-refractivity contribution in [1.29, 1.82) is 0 Å². The third-order valence-corrected chi connectivity index (χ3v) is 6.70. The second-order valence-corrected chi connectivity index (χ2v) is 9.11. The Hall–Kier alpha value is -3.68. The molecule has 0 bridgehead atoms. The van der Waals surface area contributed by atoms with Crippen molar-refractivity contribution in [3.63, 3.8) is 0 Å². The normalized spacial score (nSPS) is 23.3. The summed E-state index contributed by atoms with van der Waals surface area (Å²) < 4.78 is 0. The second-order valence-electron chi connectivity index (χ2n) is 9.11. The molecule has 0 spiro atoms. The van der Waals surface area contributed by atoms with Gasteiger partial charge in [-0.05, 0) is 41.8 Å². The van der Waals surface area contributed by atoms with Gasteiger partial charge in [-0.25, -0.2) is 0 Å². The van der Waals surface area contributed by atoms with Crippen LogP contribution in [0.15, 0.2) is 42.5 Å². The molecular weight excluding hydrogens is 408 g/mol. The summed E-state index contributed by atoms with van der Waals surface area (Å²) in [5.74, 6) is -1.14. The summed E-state index contributed by atoms with van der Waals surface area (Å²) >= 11 is 0. The number of piperidine rings is 1. The standard InChI is InChI=1S/C24H24N4O4/c1-24(2)16-5-3-4-6-17(16)26-20(24)22(31)25-14-7-8-15-13(11-14)12-28(23(15)32)18-9-10-19(29)27-21(18)30/h3-8,11,18,20,26H,9-10,12H2,1-2H3,(H,25,31)(H,27,29,30). The maximum absolute atomic E-state index is 13.1. The highest BCUT2D eigenvalue weighted by atomic mass is 16.2. The zero-order valence-electron chi connectivity index (χ0n) is 17.9. The molecular formula is C24H24N4O4. The number of para-hydroxylation sites is 1. The first-order valence-corrected chi connectivity index (χ1v) is 10.7. The quantitative estimate of drug-likeness (QED) is 0.645. The van der Waals surface area contributed by atoms with Gasteiger partial charge >= 0.3 is 0 Å². The molecule has 5 rings (SSSR count). The summed E-state index contributed by atoms with van der Waals surface area (Å²) in [5, 5.41) is 8.59. The number of fused-ring (bicyclic) bond motifs is 2. The number of imide groups is 1. The molecule has 2 aromatic carbocycles. The first-order chi connectivity index (χ1) is 15.3. The van der Waals surface area contributed by atoms with Crippen LogP contribution in [0, 0.1) is 0 Å². The smallest absolute Gasteiger partial charge is 0.255 e. The molecule has 32 heavy (non-hydrogen) atoms. The maximum Gasteiger partial charge on any atom is 0.255 e. The summed E-state index contributed by atoms with van der Waals surface area (Å²) in [5.41, 5.74) is 3.53. The Labute approximate surface area is 185 Å². The van der Waals surface area contributed by atoms with Gasteiger partial charge in [-0.2, -0.15) is 0 Å². The van der Waals surface area contributed by atoms with Gasteiger partial charge in [0, 0.05) is 35.3 Å². The minimum absolute atomic E-state index is 0.155. The van der Waals surface area contributed by atoms with Gasteiger partial charge in [0.05, 0.1) is 0 Å². The van der Waals surface area contributed by atoms with Crippen LogP contribution in [-0.4, -0.2) is 40.6 Å². The van der Waals surface area contributed by atoms with Gasteiger partial charge in [0.2, 0.25) is 17.7 Å². The Balaban J connectivity index is 1.32. The van der Waals surface area contributed by atoms with Crippen LogP contribution in [0.5, 0.6) is 0 Å². The predicted molar refractivity (Wildman–Crippen MR) is 118 cm³/mol. The average molecular weight is 432 g/mol. The third-order valence-electron chi connectivity index (χ3n) is 6.70. The zero-order chi connectivity index (χ0) is 22.6. The minimum atomic E-state index is -0.660. The maximum atomic E-state index is 13.1. The predicted octanol–water partition coefficient (Wildman–Crippen LogP) is 2.16. The summed E-state index contributed by atoms with van der Waals surface area (Å²) in [7, 11) is 0. The van der Waals surface area contributed by atoms with E-state index in [1.54, 1.807) is 18.2 Å². The van der Waals surface area contributed by atoms with Crippen LogP contribution in [0.2, 0.25) is 0 Å². The molecule has 3 heterocycles. The minimum Gasteiger partial charge on any atom is -0.373 e. The van der Waals surface area contributed by atoms with Crippen LogP contribution < -0.4 is 16.0 Å². The van der Waals surface area contributed by atoms with Crippen molar-refractivity contribution in [2.24, 2.45) is 0 Å². The molecule has 2 unspecified atom stereocenters. The van der Waals surface area contributed by atoms with E-state index in [2.05, 4.69) is 16.0 Å². The number of anilines is 2. The van der Waals surface area contributed by atoms with E-state index in [4.69, 9.17) is 0 Å². The largest absolute Gasteiger partial charge is 0.373 e. The molecule has 3 N–H and O–H groups in total. The van der Waals surface area contributed by atoms with Crippen LogP contribution in [-0.2, 0) is 26.3 Å². The van der Waals surface area contributed by atoms with Gasteiger partial charge in [0.25, 0.3) is 5.91 Å².